The zero-order valence-electron chi connectivity index (χ0n) is 10.8. The molecule has 0 saturated heterocycles. The predicted molar refractivity (Wildman–Crippen MR) is 73.5 cm³/mol. The van der Waals surface area contributed by atoms with Crippen LogP contribution in [0, 0.1) is 5.41 Å². The van der Waals surface area contributed by atoms with Crippen molar-refractivity contribution in [3.8, 4) is 0 Å². The van der Waals surface area contributed by atoms with Crippen LogP contribution in [0.4, 0.5) is 0 Å². The third-order valence-electron chi connectivity index (χ3n) is 2.35. The molecule has 0 fully saturated rings. The fourth-order valence-electron chi connectivity index (χ4n) is 1.45. The first-order valence-electron chi connectivity index (χ1n) is 5.55. The molecule has 1 aliphatic heterocycles. The Hall–Kier alpha value is -2.25. The average Bonchev–Trinajstić information content (AvgIpc) is 2.38. The van der Waals surface area contributed by atoms with E-state index in [-0.39, 0.29) is 11.5 Å². The monoisotopic (exact) mass is 263 g/mol. The van der Waals surface area contributed by atoms with Crippen LogP contribution in [0.1, 0.15) is 6.92 Å². The zero-order chi connectivity index (χ0) is 14.4. The number of nitrogens with zero attached hydrogens (tertiary/aromatic N) is 1. The van der Waals surface area contributed by atoms with Crippen LogP contribution >= 0.6 is 0 Å². The summed E-state index contributed by atoms with van der Waals surface area (Å²) in [5.41, 5.74) is 12.2. The van der Waals surface area contributed by atoms with E-state index in [4.69, 9.17) is 16.9 Å². The van der Waals surface area contributed by atoms with Gasteiger partial charge in [-0.25, -0.2) is 9.79 Å². The van der Waals surface area contributed by atoms with Crippen molar-refractivity contribution in [3.05, 3.63) is 35.7 Å². The Morgan fingerprint density at radius 1 is 1.47 bits per heavy atom. The Balaban J connectivity index is 3.09. The molecule has 0 aromatic heterocycles. The lowest BCUT2D eigenvalue weighted by molar-refractivity contribution is -0.132. The van der Waals surface area contributed by atoms with Gasteiger partial charge < -0.3 is 21.5 Å². The first-order valence-corrected chi connectivity index (χ1v) is 5.55. The number of carbonyl (C=O) groups excluding carboxylic acids is 1. The van der Waals surface area contributed by atoms with Crippen LogP contribution in [0.25, 0.3) is 0 Å². The second-order valence-corrected chi connectivity index (χ2v) is 3.75. The third kappa shape index (κ3) is 3.87. The number of nitrogens with two attached hydrogens (primary N) is 2. The molecular weight excluding hydrogens is 246 g/mol. The van der Waals surface area contributed by atoms with Crippen LogP contribution in [0.5, 0.6) is 0 Å². The topological polar surface area (TPSA) is 127 Å². The van der Waals surface area contributed by atoms with Gasteiger partial charge >= 0.3 is 5.97 Å². The third-order valence-corrected chi connectivity index (χ3v) is 2.35. The number of methoxy groups -OCH3 is 1. The van der Waals surface area contributed by atoms with Crippen LogP contribution in [-0.2, 0) is 9.53 Å². The Bertz CT molecular complexity index is 500. The van der Waals surface area contributed by atoms with Gasteiger partial charge in [-0.2, -0.15) is 0 Å². The molecule has 19 heavy (non-hydrogen) atoms. The van der Waals surface area contributed by atoms with Crippen molar-refractivity contribution in [2.24, 2.45) is 16.5 Å². The number of hydrogen-bond donors (Lipinski definition) is 4. The fraction of sp³-hybridized carbons (Fsp3) is 0.250. The largest absolute Gasteiger partial charge is 0.465 e. The summed E-state index contributed by atoms with van der Waals surface area (Å²) in [6.07, 6.45) is 6.08. The van der Waals surface area contributed by atoms with E-state index < -0.39 is 12.1 Å². The molecule has 1 aliphatic rings. The van der Waals surface area contributed by atoms with E-state index in [9.17, 15) is 4.79 Å². The molecule has 0 bridgehead atoms. The second-order valence-electron chi connectivity index (χ2n) is 3.75. The molecule has 0 aliphatic carbocycles. The number of amidine groups is 1. The van der Waals surface area contributed by atoms with Gasteiger partial charge in [0, 0.05) is 11.9 Å². The quantitative estimate of drug-likeness (QED) is 0.242. The van der Waals surface area contributed by atoms with Gasteiger partial charge in [-0.15, -0.1) is 0 Å². The van der Waals surface area contributed by atoms with Gasteiger partial charge in [-0.3, -0.25) is 5.41 Å². The highest BCUT2D eigenvalue weighted by Crippen LogP contribution is 2.10. The summed E-state index contributed by atoms with van der Waals surface area (Å²) in [5.74, 6) is -0.785. The highest BCUT2D eigenvalue weighted by Gasteiger charge is 2.17. The number of ether oxygens (including phenoxy) is 1. The molecule has 0 unspecified atom stereocenters. The lowest BCUT2D eigenvalue weighted by Crippen LogP contribution is -2.38. The molecule has 0 aromatic rings. The smallest absolute Gasteiger partial charge is 0.352 e. The number of allylic oxidation sites excluding steroid dienone is 3. The molecule has 0 amide bonds. The van der Waals surface area contributed by atoms with Crippen molar-refractivity contribution in [1.82, 2.24) is 5.32 Å². The lowest BCUT2D eigenvalue weighted by atomic mass is 10.1. The maximum atomic E-state index is 11.2. The molecule has 1 rings (SSSR count). The van der Waals surface area contributed by atoms with Gasteiger partial charge in [0.25, 0.3) is 0 Å². The van der Waals surface area contributed by atoms with E-state index in [2.05, 4.69) is 15.0 Å². The van der Waals surface area contributed by atoms with E-state index in [1.165, 1.54) is 14.0 Å². The summed E-state index contributed by atoms with van der Waals surface area (Å²) in [7, 11) is 1.25. The van der Waals surface area contributed by atoms with Gasteiger partial charge in [0.15, 0.2) is 5.84 Å². The van der Waals surface area contributed by atoms with Crippen LogP contribution in [0.3, 0.4) is 0 Å². The SMILES string of the molecule is COC(=O)C(C)=NC(=N)C(=C1C=CC=CN1)C(N)N. The van der Waals surface area contributed by atoms with Crippen molar-refractivity contribution >= 4 is 17.5 Å². The Kier molecular flexibility index (Phi) is 5.16. The minimum absolute atomic E-state index is 0.0570. The maximum absolute atomic E-state index is 11.2. The molecule has 102 valence electrons. The molecule has 7 heteroatoms. The fourth-order valence-corrected chi connectivity index (χ4v) is 1.45. The number of esters is 1. The number of nitrogens with one attached hydrogen (secondary N) is 2. The number of aliphatic imine (C=N–C) groups is 1. The van der Waals surface area contributed by atoms with E-state index in [1.54, 1.807) is 24.4 Å². The molecule has 7 nitrogen and oxygen atoms in total. The van der Waals surface area contributed by atoms with E-state index in [0.717, 1.165) is 0 Å². The Morgan fingerprint density at radius 3 is 2.63 bits per heavy atom. The minimum atomic E-state index is -0.889. The number of rotatable bonds is 3. The highest BCUT2D eigenvalue weighted by molar-refractivity contribution is 6.37. The molecule has 0 saturated carbocycles. The van der Waals surface area contributed by atoms with Crippen molar-refractivity contribution in [2.75, 3.05) is 7.11 Å². The van der Waals surface area contributed by atoms with Crippen molar-refractivity contribution in [3.63, 3.8) is 0 Å². The average molecular weight is 263 g/mol. The molecule has 1 heterocycles. The molecule has 0 spiro atoms. The van der Waals surface area contributed by atoms with Gasteiger partial charge in [0.1, 0.15) is 5.71 Å². The van der Waals surface area contributed by atoms with Crippen LogP contribution in [-0.4, -0.2) is 30.8 Å². The number of dihydropyridines is 1. The van der Waals surface area contributed by atoms with Gasteiger partial charge in [-0.1, -0.05) is 6.08 Å². The lowest BCUT2D eigenvalue weighted by Gasteiger charge is -2.16. The number of carbonyl (C=O) groups is 1. The van der Waals surface area contributed by atoms with E-state index in [1.807, 2.05) is 0 Å². The van der Waals surface area contributed by atoms with Crippen molar-refractivity contribution in [2.45, 2.75) is 13.1 Å². The van der Waals surface area contributed by atoms with Crippen LogP contribution in [0.15, 0.2) is 40.7 Å². The van der Waals surface area contributed by atoms with Gasteiger partial charge in [0.05, 0.1) is 18.8 Å². The van der Waals surface area contributed by atoms with Gasteiger partial charge in [-0.05, 0) is 19.1 Å². The van der Waals surface area contributed by atoms with E-state index >= 15 is 0 Å². The first-order chi connectivity index (χ1) is 8.97. The summed E-state index contributed by atoms with van der Waals surface area (Å²) in [6, 6.07) is 0. The summed E-state index contributed by atoms with van der Waals surface area (Å²) in [4.78, 5) is 15.1. The zero-order valence-corrected chi connectivity index (χ0v) is 10.8. The molecular formula is C12H17N5O2. The molecule has 6 N–H and O–H groups in total. The van der Waals surface area contributed by atoms with Crippen molar-refractivity contribution < 1.29 is 9.53 Å². The van der Waals surface area contributed by atoms with Crippen molar-refractivity contribution in [1.29, 1.82) is 5.41 Å². The normalized spacial score (nSPS) is 17.2. The minimum Gasteiger partial charge on any atom is -0.465 e. The first kappa shape index (κ1) is 14.8. The van der Waals surface area contributed by atoms with E-state index in [0.29, 0.717) is 11.3 Å². The predicted octanol–water partition coefficient (Wildman–Crippen LogP) is -0.232. The maximum Gasteiger partial charge on any atom is 0.352 e. The second kappa shape index (κ2) is 6.62. The Morgan fingerprint density at radius 2 is 2.16 bits per heavy atom. The van der Waals surface area contributed by atoms with Gasteiger partial charge in [0.2, 0.25) is 0 Å². The summed E-state index contributed by atoms with van der Waals surface area (Å²) in [6.45, 7) is 1.45. The standard InChI is InChI=1S/C12H17N5O2/c1-7(12(18)19-2)17-11(15)9(10(13)14)8-5-3-4-6-16-8/h3-6,10,15-16H,13-14H2,1-2H3. The highest BCUT2D eigenvalue weighted by atomic mass is 16.5. The summed E-state index contributed by atoms with van der Waals surface area (Å²) >= 11 is 0. The summed E-state index contributed by atoms with van der Waals surface area (Å²) in [5, 5.41) is 10.8. The Labute approximate surface area is 111 Å². The number of hydrogen-bond acceptors (Lipinski definition) is 6. The summed E-state index contributed by atoms with van der Waals surface area (Å²) < 4.78 is 4.51. The van der Waals surface area contributed by atoms with Crippen LogP contribution in [0.2, 0.25) is 0 Å². The van der Waals surface area contributed by atoms with Crippen LogP contribution < -0.4 is 16.8 Å². The molecule has 0 aromatic carbocycles. The molecule has 0 atom stereocenters. The molecule has 0 radical (unpaired) electrons.